The fourth-order valence-corrected chi connectivity index (χ4v) is 1.54. The average molecular weight is 258 g/mol. The van der Waals surface area contributed by atoms with Gasteiger partial charge in [0.1, 0.15) is 0 Å². The number of anilines is 1. The monoisotopic (exact) mass is 257 g/mol. The quantitative estimate of drug-likeness (QED) is 0.916. The first-order chi connectivity index (χ1) is 7.66. The largest absolute Gasteiger partial charge is 0.377 e. The topological polar surface area (TPSA) is 55.6 Å². The number of nitrogens with zero attached hydrogens (tertiary/aromatic N) is 4. The molecule has 0 fully saturated rings. The third kappa shape index (κ3) is 2.43. The summed E-state index contributed by atoms with van der Waals surface area (Å²) in [5, 5.41) is 15.1. The van der Waals surface area contributed by atoms with Crippen LogP contribution >= 0.6 is 23.2 Å². The van der Waals surface area contributed by atoms with Crippen molar-refractivity contribution >= 4 is 28.9 Å². The molecule has 2 rings (SSSR count). The highest BCUT2D eigenvalue weighted by atomic mass is 35.5. The molecule has 0 aliphatic heterocycles. The van der Waals surface area contributed by atoms with Gasteiger partial charge < -0.3 is 5.32 Å². The zero-order chi connectivity index (χ0) is 11.5. The second-order valence-electron chi connectivity index (χ2n) is 3.17. The van der Waals surface area contributed by atoms with Crippen LogP contribution in [-0.4, -0.2) is 20.0 Å². The van der Waals surface area contributed by atoms with Crippen molar-refractivity contribution in [3.8, 4) is 0 Å². The van der Waals surface area contributed by atoms with Gasteiger partial charge in [-0.3, -0.25) is 4.68 Å². The summed E-state index contributed by atoms with van der Waals surface area (Å²) in [6.45, 7) is 0.595. The van der Waals surface area contributed by atoms with E-state index in [0.29, 0.717) is 22.5 Å². The molecule has 1 N–H and O–H groups in total. The first-order valence-electron chi connectivity index (χ1n) is 4.56. The van der Waals surface area contributed by atoms with Crippen LogP contribution in [0, 0.1) is 0 Å². The highest BCUT2D eigenvalue weighted by molar-refractivity contribution is 6.33. The lowest BCUT2D eigenvalue weighted by atomic mass is 10.4. The number of halogens is 2. The van der Waals surface area contributed by atoms with E-state index in [0.717, 1.165) is 5.69 Å². The van der Waals surface area contributed by atoms with Gasteiger partial charge in [0.2, 0.25) is 0 Å². The molecule has 0 aliphatic rings. The number of rotatable bonds is 3. The van der Waals surface area contributed by atoms with Crippen LogP contribution in [0.2, 0.25) is 10.3 Å². The van der Waals surface area contributed by atoms with E-state index in [-0.39, 0.29) is 0 Å². The second-order valence-corrected chi connectivity index (χ2v) is 3.92. The lowest BCUT2D eigenvalue weighted by molar-refractivity contribution is 0.720. The summed E-state index contributed by atoms with van der Waals surface area (Å²) in [5.41, 5.74) is 1.69. The molecule has 0 bridgehead atoms. The van der Waals surface area contributed by atoms with Gasteiger partial charge in [-0.05, 0) is 6.07 Å². The van der Waals surface area contributed by atoms with Gasteiger partial charge in [0.05, 0.1) is 17.9 Å². The minimum atomic E-state index is 0.298. The predicted octanol–water partition coefficient (Wildman–Crippen LogP) is 2.13. The normalized spacial score (nSPS) is 10.4. The summed E-state index contributed by atoms with van der Waals surface area (Å²) in [6.07, 6.45) is 1.73. The van der Waals surface area contributed by atoms with Crippen LogP contribution in [0.3, 0.4) is 0 Å². The van der Waals surface area contributed by atoms with Crippen molar-refractivity contribution in [3.05, 3.63) is 34.3 Å². The Morgan fingerprint density at radius 1 is 1.38 bits per heavy atom. The maximum atomic E-state index is 5.86. The predicted molar refractivity (Wildman–Crippen MR) is 62.6 cm³/mol. The number of aromatic nitrogens is 4. The van der Waals surface area contributed by atoms with Gasteiger partial charge in [-0.1, -0.05) is 23.2 Å². The van der Waals surface area contributed by atoms with Crippen LogP contribution in [0.4, 0.5) is 5.69 Å². The molecular weight excluding hydrogens is 249 g/mol. The molecule has 2 aromatic heterocycles. The molecule has 0 unspecified atom stereocenters. The van der Waals surface area contributed by atoms with Crippen molar-refractivity contribution in [2.45, 2.75) is 6.54 Å². The summed E-state index contributed by atoms with van der Waals surface area (Å²) < 4.78 is 1.77. The van der Waals surface area contributed by atoms with E-state index < -0.39 is 0 Å². The highest BCUT2D eigenvalue weighted by Gasteiger charge is 2.04. The molecule has 0 atom stereocenters. The Labute approximate surface area is 102 Å². The number of aryl methyl sites for hydroxylation is 1. The molecule has 0 spiro atoms. The molecule has 5 nitrogen and oxygen atoms in total. The lowest BCUT2D eigenvalue weighted by Gasteiger charge is -2.07. The molecule has 0 saturated carbocycles. The van der Waals surface area contributed by atoms with E-state index in [1.165, 1.54) is 0 Å². The Hall–Kier alpha value is -1.33. The van der Waals surface area contributed by atoms with E-state index in [2.05, 4.69) is 20.6 Å². The average Bonchev–Trinajstić information content (AvgIpc) is 2.66. The maximum absolute atomic E-state index is 5.86. The van der Waals surface area contributed by atoms with Gasteiger partial charge in [-0.25, -0.2) is 0 Å². The van der Waals surface area contributed by atoms with Gasteiger partial charge in [0, 0.05) is 19.3 Å². The van der Waals surface area contributed by atoms with Crippen LogP contribution < -0.4 is 5.32 Å². The van der Waals surface area contributed by atoms with Gasteiger partial charge in [-0.15, -0.1) is 10.2 Å². The van der Waals surface area contributed by atoms with Crippen LogP contribution in [0.25, 0.3) is 0 Å². The highest BCUT2D eigenvalue weighted by Crippen LogP contribution is 2.21. The van der Waals surface area contributed by atoms with Crippen molar-refractivity contribution in [2.24, 2.45) is 7.05 Å². The maximum Gasteiger partial charge on any atom is 0.174 e. The number of nitrogens with one attached hydrogen (secondary N) is 1. The number of hydrogen-bond donors (Lipinski definition) is 1. The summed E-state index contributed by atoms with van der Waals surface area (Å²) in [6, 6.07) is 3.55. The Kier molecular flexibility index (Phi) is 3.26. The fourth-order valence-electron chi connectivity index (χ4n) is 1.24. The molecule has 84 valence electrons. The first-order valence-corrected chi connectivity index (χ1v) is 5.32. The Bertz CT molecular complexity index is 496. The van der Waals surface area contributed by atoms with Crippen molar-refractivity contribution in [1.29, 1.82) is 0 Å². The summed E-state index contributed by atoms with van der Waals surface area (Å²) in [4.78, 5) is 0. The summed E-state index contributed by atoms with van der Waals surface area (Å²) >= 11 is 11.6. The minimum Gasteiger partial charge on any atom is -0.377 e. The third-order valence-corrected chi connectivity index (χ3v) is 2.57. The fraction of sp³-hybridized carbons (Fsp3) is 0.222. The third-order valence-electron chi connectivity index (χ3n) is 2.10. The molecule has 0 saturated heterocycles. The van der Waals surface area contributed by atoms with Crippen molar-refractivity contribution in [1.82, 2.24) is 20.0 Å². The van der Waals surface area contributed by atoms with Crippen LogP contribution in [0.1, 0.15) is 5.69 Å². The molecule has 0 aromatic carbocycles. The Morgan fingerprint density at radius 3 is 2.88 bits per heavy atom. The minimum absolute atomic E-state index is 0.298. The van der Waals surface area contributed by atoms with Gasteiger partial charge in [-0.2, -0.15) is 5.10 Å². The van der Waals surface area contributed by atoms with Gasteiger partial charge in [0.15, 0.2) is 10.3 Å². The Balaban J connectivity index is 2.10. The van der Waals surface area contributed by atoms with Crippen molar-refractivity contribution < 1.29 is 0 Å². The van der Waals surface area contributed by atoms with Crippen LogP contribution in [0.15, 0.2) is 18.3 Å². The lowest BCUT2D eigenvalue weighted by Crippen LogP contribution is -2.06. The van der Waals surface area contributed by atoms with Crippen molar-refractivity contribution in [2.75, 3.05) is 5.32 Å². The molecule has 2 heterocycles. The van der Waals surface area contributed by atoms with Crippen LogP contribution in [-0.2, 0) is 13.6 Å². The zero-order valence-electron chi connectivity index (χ0n) is 8.48. The summed E-state index contributed by atoms with van der Waals surface area (Å²) in [5.74, 6) is 0. The molecular formula is C9H9Cl2N5. The van der Waals surface area contributed by atoms with E-state index in [4.69, 9.17) is 23.2 Å². The van der Waals surface area contributed by atoms with Crippen molar-refractivity contribution in [3.63, 3.8) is 0 Å². The standard InChI is InChI=1S/C9H9Cl2N5/c1-16-6(2-3-13-16)5-12-7-4-8(10)14-15-9(7)11/h2-4H,5H2,1H3,(H,12,14). The van der Waals surface area contributed by atoms with E-state index in [1.807, 2.05) is 13.1 Å². The SMILES string of the molecule is Cn1nccc1CNc1cc(Cl)nnc1Cl. The van der Waals surface area contributed by atoms with E-state index in [1.54, 1.807) is 16.9 Å². The molecule has 7 heteroatoms. The van der Waals surface area contributed by atoms with E-state index >= 15 is 0 Å². The van der Waals surface area contributed by atoms with E-state index in [9.17, 15) is 0 Å². The molecule has 0 aliphatic carbocycles. The molecule has 2 aromatic rings. The molecule has 0 amide bonds. The Morgan fingerprint density at radius 2 is 2.19 bits per heavy atom. The van der Waals surface area contributed by atoms with Crippen LogP contribution in [0.5, 0.6) is 0 Å². The smallest absolute Gasteiger partial charge is 0.174 e. The first kappa shape index (κ1) is 11.2. The second kappa shape index (κ2) is 4.67. The van der Waals surface area contributed by atoms with Gasteiger partial charge >= 0.3 is 0 Å². The van der Waals surface area contributed by atoms with Gasteiger partial charge in [0.25, 0.3) is 0 Å². The molecule has 16 heavy (non-hydrogen) atoms. The number of hydrogen-bond acceptors (Lipinski definition) is 4. The summed E-state index contributed by atoms with van der Waals surface area (Å²) in [7, 11) is 1.87. The molecule has 0 radical (unpaired) electrons. The zero-order valence-corrected chi connectivity index (χ0v) is 10.00.